The Morgan fingerprint density at radius 1 is 1.15 bits per heavy atom. The smallest absolute Gasteiger partial charge is 0.376 e. The minimum atomic E-state index is -4.70. The first kappa shape index (κ1) is 19.8. The highest BCUT2D eigenvalue weighted by Gasteiger charge is 2.34. The predicted molar refractivity (Wildman–Crippen MR) is 91.7 cm³/mol. The number of benzene rings is 2. The summed E-state index contributed by atoms with van der Waals surface area (Å²) in [7, 11) is 0. The molecule has 26 heavy (non-hydrogen) atoms. The quantitative estimate of drug-likeness (QED) is 0.541. The van der Waals surface area contributed by atoms with Gasteiger partial charge in [-0.25, -0.2) is 0 Å². The normalized spacial score (nSPS) is 11.1. The molecule has 0 atom stereocenters. The number of carbonyl (C=O) groups is 1. The molecular weight excluding hydrogens is 398 g/mol. The van der Waals surface area contributed by atoms with Crippen molar-refractivity contribution in [2.45, 2.75) is 6.18 Å². The zero-order valence-electron chi connectivity index (χ0n) is 12.7. The molecule has 0 spiro atoms. The van der Waals surface area contributed by atoms with E-state index >= 15 is 0 Å². The summed E-state index contributed by atoms with van der Waals surface area (Å²) in [4.78, 5) is 22.0. The first-order valence-electron chi connectivity index (χ1n) is 6.92. The van der Waals surface area contributed by atoms with Crippen LogP contribution in [0.2, 0.25) is 10.0 Å². The van der Waals surface area contributed by atoms with Crippen LogP contribution < -0.4 is 10.6 Å². The van der Waals surface area contributed by atoms with Gasteiger partial charge in [0.15, 0.2) is 0 Å². The van der Waals surface area contributed by atoms with Gasteiger partial charge >= 0.3 is 6.18 Å². The van der Waals surface area contributed by atoms with Gasteiger partial charge in [-0.2, -0.15) is 13.2 Å². The van der Waals surface area contributed by atoms with E-state index in [0.29, 0.717) is 6.07 Å². The Kier molecular flexibility index (Phi) is 5.94. The van der Waals surface area contributed by atoms with Crippen LogP contribution in [-0.4, -0.2) is 17.4 Å². The number of nitro groups is 1. The number of nitrogens with zero attached hydrogens (tertiary/aromatic N) is 1. The zero-order chi connectivity index (χ0) is 19.5. The lowest BCUT2D eigenvalue weighted by Crippen LogP contribution is -2.23. The summed E-state index contributed by atoms with van der Waals surface area (Å²) in [6.07, 6.45) is -4.70. The number of amides is 1. The Labute approximate surface area is 155 Å². The van der Waals surface area contributed by atoms with Crippen LogP contribution in [0.5, 0.6) is 0 Å². The second-order valence-corrected chi connectivity index (χ2v) is 5.86. The SMILES string of the molecule is O=C(CNc1ccc(Cl)c([N+](=O)[O-])c1)Nc1ccc(Cl)cc1C(F)(F)F. The van der Waals surface area contributed by atoms with Crippen molar-refractivity contribution < 1.29 is 22.9 Å². The Morgan fingerprint density at radius 3 is 2.46 bits per heavy atom. The molecule has 0 saturated heterocycles. The molecule has 0 heterocycles. The molecule has 0 aliphatic carbocycles. The maximum absolute atomic E-state index is 13.0. The number of carbonyl (C=O) groups excluding carboxylic acids is 1. The third kappa shape index (κ3) is 4.99. The number of anilines is 2. The van der Waals surface area contributed by atoms with Crippen molar-refractivity contribution in [3.63, 3.8) is 0 Å². The Balaban J connectivity index is 2.09. The van der Waals surface area contributed by atoms with Crippen molar-refractivity contribution in [2.24, 2.45) is 0 Å². The van der Waals surface area contributed by atoms with Gasteiger partial charge in [0.25, 0.3) is 5.69 Å². The fourth-order valence-electron chi connectivity index (χ4n) is 2.00. The molecule has 0 bridgehead atoms. The van der Waals surface area contributed by atoms with Crippen LogP contribution in [0.15, 0.2) is 36.4 Å². The molecule has 0 unspecified atom stereocenters. The Bertz CT molecular complexity index is 860. The van der Waals surface area contributed by atoms with Gasteiger partial charge in [-0.1, -0.05) is 23.2 Å². The van der Waals surface area contributed by atoms with Gasteiger partial charge in [0.05, 0.1) is 22.7 Å². The van der Waals surface area contributed by atoms with Gasteiger partial charge in [-0.3, -0.25) is 14.9 Å². The van der Waals surface area contributed by atoms with Crippen LogP contribution in [-0.2, 0) is 11.0 Å². The zero-order valence-corrected chi connectivity index (χ0v) is 14.2. The van der Waals surface area contributed by atoms with Crippen LogP contribution in [0.1, 0.15) is 5.56 Å². The van der Waals surface area contributed by atoms with Gasteiger partial charge in [0, 0.05) is 16.8 Å². The second kappa shape index (κ2) is 7.79. The molecule has 2 N–H and O–H groups in total. The van der Waals surface area contributed by atoms with Gasteiger partial charge in [0.1, 0.15) is 5.02 Å². The summed E-state index contributed by atoms with van der Waals surface area (Å²) in [5.74, 6) is -0.782. The molecule has 6 nitrogen and oxygen atoms in total. The number of rotatable bonds is 5. The van der Waals surface area contributed by atoms with Gasteiger partial charge in [-0.05, 0) is 30.3 Å². The fraction of sp³-hybridized carbons (Fsp3) is 0.133. The lowest BCUT2D eigenvalue weighted by molar-refractivity contribution is -0.384. The van der Waals surface area contributed by atoms with E-state index in [1.807, 2.05) is 0 Å². The summed E-state index contributed by atoms with van der Waals surface area (Å²) < 4.78 is 39.0. The van der Waals surface area contributed by atoms with Gasteiger partial charge in [-0.15, -0.1) is 0 Å². The highest BCUT2D eigenvalue weighted by atomic mass is 35.5. The predicted octanol–water partition coefficient (Wildman–Crippen LogP) is 4.97. The first-order valence-corrected chi connectivity index (χ1v) is 7.68. The number of halogens is 5. The van der Waals surface area contributed by atoms with E-state index in [2.05, 4.69) is 10.6 Å². The summed E-state index contributed by atoms with van der Waals surface area (Å²) >= 11 is 11.2. The third-order valence-electron chi connectivity index (χ3n) is 3.16. The number of nitro benzene ring substituents is 1. The topological polar surface area (TPSA) is 84.3 Å². The number of hydrogen-bond acceptors (Lipinski definition) is 4. The molecule has 2 aromatic carbocycles. The van der Waals surface area contributed by atoms with E-state index in [4.69, 9.17) is 23.2 Å². The molecule has 0 saturated carbocycles. The van der Waals surface area contributed by atoms with E-state index < -0.39 is 34.8 Å². The largest absolute Gasteiger partial charge is 0.418 e. The molecule has 2 aromatic rings. The Hall–Kier alpha value is -2.52. The summed E-state index contributed by atoms with van der Waals surface area (Å²) in [5.41, 5.74) is -1.69. The summed E-state index contributed by atoms with van der Waals surface area (Å²) in [5, 5.41) is 15.3. The van der Waals surface area contributed by atoms with Crippen LogP contribution in [0.25, 0.3) is 0 Å². The second-order valence-electron chi connectivity index (χ2n) is 5.01. The van der Waals surface area contributed by atoms with E-state index in [-0.39, 0.29) is 21.4 Å². The molecule has 0 aromatic heterocycles. The highest BCUT2D eigenvalue weighted by molar-refractivity contribution is 6.32. The van der Waals surface area contributed by atoms with Crippen LogP contribution in [0.4, 0.5) is 30.2 Å². The molecule has 11 heteroatoms. The first-order chi connectivity index (χ1) is 12.1. The van der Waals surface area contributed by atoms with Crippen LogP contribution >= 0.6 is 23.2 Å². The molecular formula is C15H10Cl2F3N3O3. The summed E-state index contributed by atoms with van der Waals surface area (Å²) in [6, 6.07) is 6.72. The monoisotopic (exact) mass is 407 g/mol. The van der Waals surface area contributed by atoms with Crippen molar-refractivity contribution >= 4 is 46.2 Å². The average Bonchev–Trinajstić information content (AvgIpc) is 2.54. The molecule has 0 aliphatic rings. The third-order valence-corrected chi connectivity index (χ3v) is 3.71. The number of nitrogens with one attached hydrogen (secondary N) is 2. The lowest BCUT2D eigenvalue weighted by atomic mass is 10.1. The molecule has 0 radical (unpaired) electrons. The minimum Gasteiger partial charge on any atom is -0.376 e. The molecule has 0 fully saturated rings. The van der Waals surface area contributed by atoms with Crippen molar-refractivity contribution in [1.82, 2.24) is 0 Å². The van der Waals surface area contributed by atoms with E-state index in [9.17, 15) is 28.1 Å². The van der Waals surface area contributed by atoms with Gasteiger partial charge < -0.3 is 10.6 Å². The molecule has 138 valence electrons. The van der Waals surface area contributed by atoms with Crippen molar-refractivity contribution in [3.05, 3.63) is 62.1 Å². The number of hydrogen-bond donors (Lipinski definition) is 2. The summed E-state index contributed by atoms with van der Waals surface area (Å²) in [6.45, 7) is -0.418. The van der Waals surface area contributed by atoms with E-state index in [1.54, 1.807) is 0 Å². The highest BCUT2D eigenvalue weighted by Crippen LogP contribution is 2.36. The van der Waals surface area contributed by atoms with Crippen LogP contribution in [0.3, 0.4) is 0 Å². The molecule has 1 amide bonds. The minimum absolute atomic E-state index is 0.0824. The molecule has 2 rings (SSSR count). The van der Waals surface area contributed by atoms with E-state index in [1.165, 1.54) is 18.2 Å². The lowest BCUT2D eigenvalue weighted by Gasteiger charge is -2.14. The van der Waals surface area contributed by atoms with Crippen molar-refractivity contribution in [2.75, 3.05) is 17.2 Å². The van der Waals surface area contributed by atoms with Crippen LogP contribution in [0, 0.1) is 10.1 Å². The average molecular weight is 408 g/mol. The number of alkyl halides is 3. The van der Waals surface area contributed by atoms with E-state index in [0.717, 1.165) is 12.1 Å². The van der Waals surface area contributed by atoms with Crippen molar-refractivity contribution in [3.8, 4) is 0 Å². The standard InChI is InChI=1S/C15H10Cl2F3N3O3/c16-8-1-4-12(10(5-8)15(18,19)20)22-14(24)7-21-9-2-3-11(17)13(6-9)23(25)26/h1-6,21H,7H2,(H,22,24). The fourth-order valence-corrected chi connectivity index (χ4v) is 2.36. The Morgan fingerprint density at radius 2 is 1.85 bits per heavy atom. The van der Waals surface area contributed by atoms with Crippen molar-refractivity contribution in [1.29, 1.82) is 0 Å². The maximum atomic E-state index is 13.0. The maximum Gasteiger partial charge on any atom is 0.418 e. The van der Waals surface area contributed by atoms with Gasteiger partial charge in [0.2, 0.25) is 5.91 Å². The molecule has 0 aliphatic heterocycles.